The summed E-state index contributed by atoms with van der Waals surface area (Å²) in [6.07, 6.45) is 0.917. The molecule has 0 atom stereocenters. The molecular weight excluding hydrogens is 302 g/mol. The molecule has 6 rings (SSSR count). The van der Waals surface area contributed by atoms with Gasteiger partial charge in [-0.15, -0.1) is 0 Å². The van der Waals surface area contributed by atoms with Crippen molar-refractivity contribution < 1.29 is 0 Å². The van der Waals surface area contributed by atoms with E-state index in [2.05, 4.69) is 78.9 Å². The molecule has 5 aromatic carbocycles. The van der Waals surface area contributed by atoms with Crippen LogP contribution in [0.15, 0.2) is 83.9 Å². The van der Waals surface area contributed by atoms with Crippen LogP contribution in [0, 0.1) is 0 Å². The van der Waals surface area contributed by atoms with Crippen LogP contribution in [0.3, 0.4) is 0 Å². The van der Waals surface area contributed by atoms with Crippen LogP contribution >= 0.6 is 0 Å². The van der Waals surface area contributed by atoms with Gasteiger partial charge in [-0.3, -0.25) is 4.99 Å². The molecule has 0 spiro atoms. The monoisotopic (exact) mass is 317 g/mol. The normalized spacial score (nSPS) is 13.7. The summed E-state index contributed by atoms with van der Waals surface area (Å²) in [5, 5.41) is 7.98. The van der Waals surface area contributed by atoms with E-state index in [1.807, 2.05) is 0 Å². The van der Waals surface area contributed by atoms with Crippen LogP contribution in [0.1, 0.15) is 11.1 Å². The predicted molar refractivity (Wildman–Crippen MR) is 106 cm³/mol. The van der Waals surface area contributed by atoms with Gasteiger partial charge in [0.15, 0.2) is 0 Å². The van der Waals surface area contributed by atoms with Gasteiger partial charge in [-0.25, -0.2) is 0 Å². The Balaban J connectivity index is 1.70. The molecule has 1 heteroatoms. The summed E-state index contributed by atoms with van der Waals surface area (Å²) >= 11 is 0. The Bertz CT molecular complexity index is 1290. The van der Waals surface area contributed by atoms with Crippen LogP contribution in [0.4, 0.5) is 5.69 Å². The van der Waals surface area contributed by atoms with Crippen LogP contribution in [-0.2, 0) is 6.42 Å². The van der Waals surface area contributed by atoms with Crippen LogP contribution in [-0.4, -0.2) is 5.71 Å². The molecule has 0 aliphatic carbocycles. The molecule has 1 nitrogen and oxygen atoms in total. The van der Waals surface area contributed by atoms with Gasteiger partial charge in [0.1, 0.15) is 0 Å². The van der Waals surface area contributed by atoms with E-state index in [1.54, 1.807) is 0 Å². The molecule has 0 saturated carbocycles. The molecule has 0 amide bonds. The Morgan fingerprint density at radius 1 is 0.600 bits per heavy atom. The molecule has 1 aliphatic heterocycles. The molecule has 0 fully saturated rings. The summed E-state index contributed by atoms with van der Waals surface area (Å²) in [6.45, 7) is 0. The fraction of sp³-hybridized carbons (Fsp3) is 0.0417. The third kappa shape index (κ3) is 1.75. The van der Waals surface area contributed by atoms with Crippen LogP contribution < -0.4 is 0 Å². The third-order valence-electron chi connectivity index (χ3n) is 5.44. The molecule has 1 aliphatic rings. The van der Waals surface area contributed by atoms with Gasteiger partial charge in [-0.1, -0.05) is 72.8 Å². The van der Waals surface area contributed by atoms with Crippen molar-refractivity contribution in [1.82, 2.24) is 0 Å². The smallest absolute Gasteiger partial charge is 0.0669 e. The molecule has 25 heavy (non-hydrogen) atoms. The maximum Gasteiger partial charge on any atom is 0.0669 e. The molecule has 0 unspecified atom stereocenters. The number of hydrogen-bond acceptors (Lipinski definition) is 1. The Labute approximate surface area is 145 Å². The molecule has 5 aromatic rings. The first kappa shape index (κ1) is 13.1. The summed E-state index contributed by atoms with van der Waals surface area (Å²) in [5.41, 5.74) is 4.88. The van der Waals surface area contributed by atoms with Crippen molar-refractivity contribution in [3.05, 3.63) is 90.0 Å². The lowest BCUT2D eigenvalue weighted by atomic mass is 9.90. The molecule has 0 radical (unpaired) electrons. The highest BCUT2D eigenvalue weighted by molar-refractivity contribution is 6.27. The molecule has 0 saturated heterocycles. The standard InChI is InChI=1S/C24H15N/c1-2-7-21-18(4-1)14-22(25-21)19-12-10-17-9-8-15-5-3-6-16-11-13-20(19)24(17)23(15)16/h1-13H,14H2. The molecular formula is C24H15N. The fourth-order valence-electron chi connectivity index (χ4n) is 4.28. The Kier molecular flexibility index (Phi) is 2.46. The number of rotatable bonds is 1. The van der Waals surface area contributed by atoms with E-state index in [1.165, 1.54) is 49.2 Å². The van der Waals surface area contributed by atoms with E-state index < -0.39 is 0 Å². The van der Waals surface area contributed by atoms with E-state index in [9.17, 15) is 0 Å². The number of fused-ring (bicyclic) bond motifs is 1. The summed E-state index contributed by atoms with van der Waals surface area (Å²) in [4.78, 5) is 4.92. The summed E-state index contributed by atoms with van der Waals surface area (Å²) < 4.78 is 0. The van der Waals surface area contributed by atoms with Gasteiger partial charge in [0.05, 0.1) is 11.4 Å². The maximum absolute atomic E-state index is 4.92. The first-order valence-electron chi connectivity index (χ1n) is 8.71. The topological polar surface area (TPSA) is 12.4 Å². The van der Waals surface area contributed by atoms with Crippen molar-refractivity contribution in [2.75, 3.05) is 0 Å². The van der Waals surface area contributed by atoms with Crippen molar-refractivity contribution in [1.29, 1.82) is 0 Å². The van der Waals surface area contributed by atoms with E-state index in [-0.39, 0.29) is 0 Å². The van der Waals surface area contributed by atoms with Gasteiger partial charge in [-0.2, -0.15) is 0 Å². The number of benzene rings is 5. The van der Waals surface area contributed by atoms with Crippen molar-refractivity contribution in [2.24, 2.45) is 4.99 Å². The van der Waals surface area contributed by atoms with Gasteiger partial charge in [0.25, 0.3) is 0 Å². The summed E-state index contributed by atoms with van der Waals surface area (Å²) in [6, 6.07) is 28.5. The van der Waals surface area contributed by atoms with Gasteiger partial charge < -0.3 is 0 Å². The highest BCUT2D eigenvalue weighted by atomic mass is 14.8. The first-order valence-corrected chi connectivity index (χ1v) is 8.71. The second-order valence-corrected chi connectivity index (χ2v) is 6.83. The Morgan fingerprint density at radius 3 is 2.16 bits per heavy atom. The Morgan fingerprint density at radius 2 is 1.32 bits per heavy atom. The van der Waals surface area contributed by atoms with Crippen molar-refractivity contribution in [2.45, 2.75) is 6.42 Å². The largest absolute Gasteiger partial charge is 0.252 e. The van der Waals surface area contributed by atoms with E-state index in [4.69, 9.17) is 4.99 Å². The third-order valence-corrected chi connectivity index (χ3v) is 5.44. The van der Waals surface area contributed by atoms with Crippen LogP contribution in [0.5, 0.6) is 0 Å². The Hall–Kier alpha value is -3.19. The van der Waals surface area contributed by atoms with Crippen molar-refractivity contribution in [3.63, 3.8) is 0 Å². The van der Waals surface area contributed by atoms with Gasteiger partial charge >= 0.3 is 0 Å². The zero-order valence-corrected chi connectivity index (χ0v) is 13.7. The molecule has 0 aromatic heterocycles. The second-order valence-electron chi connectivity index (χ2n) is 6.83. The van der Waals surface area contributed by atoms with Crippen LogP contribution in [0.2, 0.25) is 0 Å². The SMILES string of the molecule is c1ccc2c(c1)CC(c1ccc3ccc4cccc5ccc1c3c45)=N2. The molecule has 0 N–H and O–H groups in total. The van der Waals surface area contributed by atoms with Crippen LogP contribution in [0.25, 0.3) is 32.3 Å². The minimum absolute atomic E-state index is 0.917. The quantitative estimate of drug-likeness (QED) is 0.323. The van der Waals surface area contributed by atoms with Gasteiger partial charge in [0, 0.05) is 12.0 Å². The summed E-state index contributed by atoms with van der Waals surface area (Å²) in [7, 11) is 0. The highest BCUT2D eigenvalue weighted by Gasteiger charge is 2.19. The number of para-hydroxylation sites is 1. The highest BCUT2D eigenvalue weighted by Crippen LogP contribution is 2.38. The minimum atomic E-state index is 0.917. The predicted octanol–water partition coefficient (Wildman–Crippen LogP) is 6.26. The number of nitrogens with zero attached hydrogens (tertiary/aromatic N) is 1. The zero-order valence-electron chi connectivity index (χ0n) is 13.7. The van der Waals surface area contributed by atoms with E-state index >= 15 is 0 Å². The lowest BCUT2D eigenvalue weighted by Crippen LogP contribution is -2.02. The fourth-order valence-corrected chi connectivity index (χ4v) is 4.28. The average Bonchev–Trinajstić information content (AvgIpc) is 3.10. The molecule has 116 valence electrons. The van der Waals surface area contributed by atoms with Gasteiger partial charge in [0.2, 0.25) is 0 Å². The average molecular weight is 317 g/mol. The van der Waals surface area contributed by atoms with Crippen molar-refractivity contribution >= 4 is 43.7 Å². The molecule has 0 bridgehead atoms. The number of hydrogen-bond donors (Lipinski definition) is 0. The van der Waals surface area contributed by atoms with E-state index in [0.29, 0.717) is 0 Å². The van der Waals surface area contributed by atoms with Gasteiger partial charge in [-0.05, 0) is 43.9 Å². The summed E-state index contributed by atoms with van der Waals surface area (Å²) in [5.74, 6) is 0. The van der Waals surface area contributed by atoms with Crippen molar-refractivity contribution in [3.8, 4) is 0 Å². The maximum atomic E-state index is 4.92. The van der Waals surface area contributed by atoms with E-state index in [0.717, 1.165) is 12.1 Å². The molecule has 1 heterocycles. The lowest BCUT2D eigenvalue weighted by Gasteiger charge is -2.13. The first-order chi connectivity index (χ1) is 12.4. The lowest BCUT2D eigenvalue weighted by molar-refractivity contribution is 1.39. The minimum Gasteiger partial charge on any atom is -0.252 e. The zero-order chi connectivity index (χ0) is 16.4. The number of aliphatic imine (C=N–C) groups is 1. The second kappa shape index (κ2) is 4.67.